The van der Waals surface area contributed by atoms with Gasteiger partial charge in [-0.3, -0.25) is 4.79 Å². The van der Waals surface area contributed by atoms with Crippen LogP contribution in [0.2, 0.25) is 0 Å². The first kappa shape index (κ1) is 19.9. The quantitative estimate of drug-likeness (QED) is 0.502. The molecule has 0 radical (unpaired) electrons. The van der Waals surface area contributed by atoms with Crippen molar-refractivity contribution in [1.29, 1.82) is 0 Å². The van der Waals surface area contributed by atoms with Crippen LogP contribution < -0.4 is 11.1 Å². The second-order valence-electron chi connectivity index (χ2n) is 7.01. The Morgan fingerprint density at radius 2 is 1.82 bits per heavy atom. The summed E-state index contributed by atoms with van der Waals surface area (Å²) in [5, 5.41) is 11.9. The van der Waals surface area contributed by atoms with E-state index in [0.29, 0.717) is 16.7 Å². The van der Waals surface area contributed by atoms with Crippen molar-refractivity contribution in [2.45, 2.75) is 38.1 Å². The molecule has 1 atom stereocenters. The van der Waals surface area contributed by atoms with Gasteiger partial charge in [0, 0.05) is 24.0 Å². The van der Waals surface area contributed by atoms with Crippen LogP contribution in [0.15, 0.2) is 41.6 Å². The van der Waals surface area contributed by atoms with E-state index in [2.05, 4.69) is 34.6 Å². The van der Waals surface area contributed by atoms with E-state index >= 15 is 0 Å². The zero-order valence-corrected chi connectivity index (χ0v) is 17.6. The SMILES string of the molecule is Cc1cc(C)c(NC(=O)C(C)Sc2nnc(-c3cccc(N)c3)n2C)c(C)c1. The summed E-state index contributed by atoms with van der Waals surface area (Å²) in [5.41, 5.74) is 11.6. The molecule has 1 heterocycles. The van der Waals surface area contributed by atoms with Crippen LogP contribution in [0.5, 0.6) is 0 Å². The zero-order chi connectivity index (χ0) is 20.4. The Balaban J connectivity index is 1.75. The molecule has 0 aliphatic heterocycles. The highest BCUT2D eigenvalue weighted by Gasteiger charge is 2.20. The number of hydrogen-bond donors (Lipinski definition) is 2. The molecule has 1 amide bonds. The first-order valence-corrected chi connectivity index (χ1v) is 9.95. The molecule has 0 bridgehead atoms. The molecule has 0 aliphatic carbocycles. The van der Waals surface area contributed by atoms with Gasteiger partial charge in [0.2, 0.25) is 5.91 Å². The molecule has 1 aromatic heterocycles. The molecule has 0 saturated carbocycles. The van der Waals surface area contributed by atoms with E-state index in [-0.39, 0.29) is 11.2 Å². The highest BCUT2D eigenvalue weighted by molar-refractivity contribution is 8.00. The number of anilines is 2. The lowest BCUT2D eigenvalue weighted by Crippen LogP contribution is -2.23. The maximum Gasteiger partial charge on any atom is 0.237 e. The zero-order valence-electron chi connectivity index (χ0n) is 16.8. The molecule has 2 aromatic carbocycles. The number of nitrogens with two attached hydrogens (primary N) is 1. The number of nitrogens with one attached hydrogen (secondary N) is 1. The normalized spacial score (nSPS) is 12.0. The van der Waals surface area contributed by atoms with Gasteiger partial charge in [-0.2, -0.15) is 0 Å². The number of carbonyl (C=O) groups excluding carboxylic acids is 1. The first-order chi connectivity index (χ1) is 13.3. The topological polar surface area (TPSA) is 85.8 Å². The Morgan fingerprint density at radius 3 is 2.46 bits per heavy atom. The summed E-state index contributed by atoms with van der Waals surface area (Å²) in [7, 11) is 1.89. The lowest BCUT2D eigenvalue weighted by atomic mass is 10.1. The molecule has 0 saturated heterocycles. The van der Waals surface area contributed by atoms with Gasteiger partial charge in [0.15, 0.2) is 11.0 Å². The molecular weight excluding hydrogens is 370 g/mol. The third kappa shape index (κ3) is 4.20. The summed E-state index contributed by atoms with van der Waals surface area (Å²) in [6.45, 7) is 7.94. The van der Waals surface area contributed by atoms with E-state index in [4.69, 9.17) is 5.73 Å². The minimum Gasteiger partial charge on any atom is -0.399 e. The molecule has 7 heteroatoms. The summed E-state index contributed by atoms with van der Waals surface area (Å²) in [6.07, 6.45) is 0. The van der Waals surface area contributed by atoms with Crippen molar-refractivity contribution >= 4 is 29.0 Å². The van der Waals surface area contributed by atoms with Crippen molar-refractivity contribution in [3.63, 3.8) is 0 Å². The number of nitrogens with zero attached hydrogens (tertiary/aromatic N) is 3. The minimum absolute atomic E-state index is 0.0615. The summed E-state index contributed by atoms with van der Waals surface area (Å²) < 4.78 is 1.88. The molecule has 0 aliphatic rings. The number of thioether (sulfide) groups is 1. The fourth-order valence-corrected chi connectivity index (χ4v) is 3.98. The molecule has 28 heavy (non-hydrogen) atoms. The number of aromatic nitrogens is 3. The predicted molar refractivity (Wildman–Crippen MR) is 115 cm³/mol. The molecule has 0 spiro atoms. The molecular formula is C21H25N5OS. The van der Waals surface area contributed by atoms with Gasteiger partial charge < -0.3 is 15.6 Å². The number of rotatable bonds is 5. The minimum atomic E-state index is -0.323. The molecule has 0 fully saturated rings. The van der Waals surface area contributed by atoms with Gasteiger partial charge in [-0.05, 0) is 51.0 Å². The fourth-order valence-electron chi connectivity index (χ4n) is 3.16. The van der Waals surface area contributed by atoms with Crippen LogP contribution in [0, 0.1) is 20.8 Å². The number of nitrogen functional groups attached to an aromatic ring is 1. The average Bonchev–Trinajstić information content (AvgIpc) is 2.98. The van der Waals surface area contributed by atoms with Gasteiger partial charge in [-0.25, -0.2) is 0 Å². The van der Waals surface area contributed by atoms with Crippen molar-refractivity contribution in [3.8, 4) is 11.4 Å². The fraction of sp³-hybridized carbons (Fsp3) is 0.286. The number of carbonyl (C=O) groups is 1. The molecule has 3 aromatic rings. The van der Waals surface area contributed by atoms with Crippen LogP contribution in [0.1, 0.15) is 23.6 Å². The van der Waals surface area contributed by atoms with Crippen LogP contribution in [-0.2, 0) is 11.8 Å². The lowest BCUT2D eigenvalue weighted by molar-refractivity contribution is -0.115. The molecule has 1 unspecified atom stereocenters. The van der Waals surface area contributed by atoms with Crippen LogP contribution in [-0.4, -0.2) is 25.9 Å². The number of benzene rings is 2. The Labute approximate surface area is 169 Å². The number of aryl methyl sites for hydroxylation is 3. The average molecular weight is 396 g/mol. The van der Waals surface area contributed by atoms with Gasteiger partial charge in [-0.15, -0.1) is 10.2 Å². The highest BCUT2D eigenvalue weighted by Crippen LogP contribution is 2.28. The van der Waals surface area contributed by atoms with Gasteiger partial charge in [-0.1, -0.05) is 41.6 Å². The Bertz CT molecular complexity index is 1000. The predicted octanol–water partition coefficient (Wildman–Crippen LogP) is 4.11. The molecule has 3 rings (SSSR count). The third-order valence-electron chi connectivity index (χ3n) is 4.56. The van der Waals surface area contributed by atoms with Crippen LogP contribution >= 0.6 is 11.8 Å². The Morgan fingerprint density at radius 1 is 1.14 bits per heavy atom. The maximum atomic E-state index is 12.7. The van der Waals surface area contributed by atoms with Gasteiger partial charge in [0.05, 0.1) is 5.25 Å². The largest absolute Gasteiger partial charge is 0.399 e. The lowest BCUT2D eigenvalue weighted by Gasteiger charge is -2.16. The molecule has 146 valence electrons. The summed E-state index contributed by atoms with van der Waals surface area (Å²) in [6, 6.07) is 11.7. The molecule has 3 N–H and O–H groups in total. The van der Waals surface area contributed by atoms with E-state index < -0.39 is 0 Å². The van der Waals surface area contributed by atoms with Crippen LogP contribution in [0.25, 0.3) is 11.4 Å². The van der Waals surface area contributed by atoms with E-state index in [1.807, 2.05) is 56.7 Å². The van der Waals surface area contributed by atoms with Crippen molar-refractivity contribution in [3.05, 3.63) is 53.1 Å². The number of amides is 1. The monoisotopic (exact) mass is 395 g/mol. The van der Waals surface area contributed by atoms with Crippen molar-refractivity contribution in [1.82, 2.24) is 14.8 Å². The van der Waals surface area contributed by atoms with Crippen molar-refractivity contribution < 1.29 is 4.79 Å². The number of hydrogen-bond acceptors (Lipinski definition) is 5. The van der Waals surface area contributed by atoms with Crippen LogP contribution in [0.3, 0.4) is 0 Å². The second kappa shape index (κ2) is 8.06. The van der Waals surface area contributed by atoms with Gasteiger partial charge >= 0.3 is 0 Å². The first-order valence-electron chi connectivity index (χ1n) is 9.07. The van der Waals surface area contributed by atoms with E-state index in [1.165, 1.54) is 17.3 Å². The third-order valence-corrected chi connectivity index (χ3v) is 5.69. The summed E-state index contributed by atoms with van der Waals surface area (Å²) in [4.78, 5) is 12.7. The maximum absolute atomic E-state index is 12.7. The van der Waals surface area contributed by atoms with Crippen molar-refractivity contribution in [2.75, 3.05) is 11.1 Å². The highest BCUT2D eigenvalue weighted by atomic mass is 32.2. The van der Waals surface area contributed by atoms with Gasteiger partial charge in [0.25, 0.3) is 0 Å². The summed E-state index contributed by atoms with van der Waals surface area (Å²) >= 11 is 1.38. The second-order valence-corrected chi connectivity index (χ2v) is 8.32. The van der Waals surface area contributed by atoms with Gasteiger partial charge in [0.1, 0.15) is 0 Å². The molecule has 6 nitrogen and oxygen atoms in total. The Kier molecular flexibility index (Phi) is 5.74. The standard InChI is InChI=1S/C21H25N5OS/c1-12-9-13(2)18(14(3)10-12)23-20(27)15(4)28-21-25-24-19(26(21)5)16-7-6-8-17(22)11-16/h6-11,15H,22H2,1-5H3,(H,23,27). The Hall–Kier alpha value is -2.80. The smallest absolute Gasteiger partial charge is 0.237 e. The van der Waals surface area contributed by atoms with Crippen LogP contribution in [0.4, 0.5) is 11.4 Å². The van der Waals surface area contributed by atoms with Crippen molar-refractivity contribution in [2.24, 2.45) is 7.05 Å². The van der Waals surface area contributed by atoms with E-state index in [9.17, 15) is 4.79 Å². The van der Waals surface area contributed by atoms with E-state index in [1.54, 1.807) is 0 Å². The summed E-state index contributed by atoms with van der Waals surface area (Å²) in [5.74, 6) is 0.654. The van der Waals surface area contributed by atoms with E-state index in [0.717, 1.165) is 22.4 Å².